The van der Waals surface area contributed by atoms with Crippen molar-refractivity contribution < 1.29 is 14.2 Å². The maximum atomic E-state index is 13.3. The lowest BCUT2D eigenvalue weighted by molar-refractivity contribution is 0.102. The van der Waals surface area contributed by atoms with Gasteiger partial charge >= 0.3 is 0 Å². The van der Waals surface area contributed by atoms with Crippen molar-refractivity contribution in [1.29, 1.82) is 0 Å². The predicted molar refractivity (Wildman–Crippen MR) is 68.7 cm³/mol. The highest BCUT2D eigenvalue weighted by atomic mass is 79.9. The van der Waals surface area contributed by atoms with E-state index in [9.17, 15) is 9.50 Å². The average molecular weight is 306 g/mol. The first-order valence-electron chi connectivity index (χ1n) is 5.48. The molecule has 0 bridgehead atoms. The van der Waals surface area contributed by atoms with Gasteiger partial charge in [-0.15, -0.1) is 0 Å². The van der Waals surface area contributed by atoms with Crippen LogP contribution >= 0.6 is 15.9 Å². The van der Waals surface area contributed by atoms with Gasteiger partial charge in [0.1, 0.15) is 12.7 Å². The standard InChI is InChI=1S/C12H17BrFNO2/c1-8(2)15-6-10(16)7-17-12-5-9(13)3-4-11(12)14/h3-5,8,10,15-16H,6-7H2,1-2H3. The lowest BCUT2D eigenvalue weighted by atomic mass is 10.3. The van der Waals surface area contributed by atoms with Gasteiger partial charge in [-0.2, -0.15) is 0 Å². The summed E-state index contributed by atoms with van der Waals surface area (Å²) >= 11 is 3.23. The second kappa shape index (κ2) is 6.93. The van der Waals surface area contributed by atoms with Gasteiger partial charge < -0.3 is 15.2 Å². The summed E-state index contributed by atoms with van der Waals surface area (Å²) in [6, 6.07) is 4.75. The van der Waals surface area contributed by atoms with E-state index in [1.54, 1.807) is 6.07 Å². The van der Waals surface area contributed by atoms with E-state index in [2.05, 4.69) is 21.2 Å². The van der Waals surface area contributed by atoms with Gasteiger partial charge in [0.25, 0.3) is 0 Å². The summed E-state index contributed by atoms with van der Waals surface area (Å²) in [6.45, 7) is 4.46. The second-order valence-electron chi connectivity index (χ2n) is 4.10. The summed E-state index contributed by atoms with van der Waals surface area (Å²) in [4.78, 5) is 0. The Balaban J connectivity index is 2.41. The van der Waals surface area contributed by atoms with Crippen molar-refractivity contribution in [2.45, 2.75) is 26.0 Å². The fraction of sp³-hybridized carbons (Fsp3) is 0.500. The SMILES string of the molecule is CC(C)NCC(O)COc1cc(Br)ccc1F. The third-order valence-electron chi connectivity index (χ3n) is 2.09. The fourth-order valence-corrected chi connectivity index (χ4v) is 1.54. The summed E-state index contributed by atoms with van der Waals surface area (Å²) in [5, 5.41) is 12.7. The Morgan fingerprint density at radius 2 is 2.18 bits per heavy atom. The van der Waals surface area contributed by atoms with E-state index in [0.717, 1.165) is 4.47 Å². The monoisotopic (exact) mass is 305 g/mol. The van der Waals surface area contributed by atoms with Gasteiger partial charge in [-0.3, -0.25) is 0 Å². The van der Waals surface area contributed by atoms with E-state index < -0.39 is 11.9 Å². The quantitative estimate of drug-likeness (QED) is 0.847. The molecule has 0 amide bonds. The normalized spacial score (nSPS) is 12.8. The summed E-state index contributed by atoms with van der Waals surface area (Å²) < 4.78 is 19.2. The molecule has 96 valence electrons. The third kappa shape index (κ3) is 5.48. The van der Waals surface area contributed by atoms with E-state index in [0.29, 0.717) is 12.6 Å². The number of hydrogen-bond acceptors (Lipinski definition) is 3. The maximum Gasteiger partial charge on any atom is 0.165 e. The summed E-state index contributed by atoms with van der Waals surface area (Å²) in [7, 11) is 0. The fourth-order valence-electron chi connectivity index (χ4n) is 1.20. The molecule has 5 heteroatoms. The minimum absolute atomic E-state index is 0.0626. The maximum absolute atomic E-state index is 13.3. The number of aliphatic hydroxyl groups is 1. The topological polar surface area (TPSA) is 41.5 Å². The van der Waals surface area contributed by atoms with Crippen LogP contribution < -0.4 is 10.1 Å². The third-order valence-corrected chi connectivity index (χ3v) is 2.58. The van der Waals surface area contributed by atoms with Crippen LogP contribution in [0.3, 0.4) is 0 Å². The predicted octanol–water partition coefficient (Wildman–Crippen LogP) is 2.33. The van der Waals surface area contributed by atoms with Crippen molar-refractivity contribution in [1.82, 2.24) is 5.32 Å². The van der Waals surface area contributed by atoms with Crippen molar-refractivity contribution >= 4 is 15.9 Å². The Hall–Kier alpha value is -0.650. The van der Waals surface area contributed by atoms with E-state index in [1.165, 1.54) is 12.1 Å². The first kappa shape index (κ1) is 14.4. The van der Waals surface area contributed by atoms with E-state index in [4.69, 9.17) is 4.74 Å². The van der Waals surface area contributed by atoms with Crippen LogP contribution in [0.25, 0.3) is 0 Å². The van der Waals surface area contributed by atoms with Crippen molar-refractivity contribution in [2.24, 2.45) is 0 Å². The van der Waals surface area contributed by atoms with Gasteiger partial charge in [0, 0.05) is 17.1 Å². The molecule has 1 atom stereocenters. The number of benzene rings is 1. The molecule has 0 aliphatic carbocycles. The highest BCUT2D eigenvalue weighted by molar-refractivity contribution is 9.10. The highest BCUT2D eigenvalue weighted by Crippen LogP contribution is 2.22. The Bertz CT molecular complexity index is 360. The molecule has 0 heterocycles. The Morgan fingerprint density at radius 1 is 1.47 bits per heavy atom. The molecule has 0 fully saturated rings. The lowest BCUT2D eigenvalue weighted by Crippen LogP contribution is -2.35. The smallest absolute Gasteiger partial charge is 0.165 e. The summed E-state index contributed by atoms with van der Waals surface area (Å²) in [5.41, 5.74) is 0. The number of ether oxygens (including phenoxy) is 1. The molecule has 1 aromatic carbocycles. The minimum Gasteiger partial charge on any atom is -0.488 e. The first-order valence-corrected chi connectivity index (χ1v) is 6.27. The molecule has 3 nitrogen and oxygen atoms in total. The number of rotatable bonds is 6. The lowest BCUT2D eigenvalue weighted by Gasteiger charge is -2.15. The number of halogens is 2. The molecule has 0 saturated carbocycles. The van der Waals surface area contributed by atoms with Crippen molar-refractivity contribution in [2.75, 3.05) is 13.2 Å². The molecule has 0 spiro atoms. The Labute approximate surface area is 109 Å². The number of aliphatic hydroxyl groups excluding tert-OH is 1. The van der Waals surface area contributed by atoms with Crippen LogP contribution in [0.4, 0.5) is 4.39 Å². The van der Waals surface area contributed by atoms with Crippen LogP contribution in [0.1, 0.15) is 13.8 Å². The van der Waals surface area contributed by atoms with Crippen LogP contribution in [0.5, 0.6) is 5.75 Å². The Kier molecular flexibility index (Phi) is 5.88. The van der Waals surface area contributed by atoms with E-state index >= 15 is 0 Å². The van der Waals surface area contributed by atoms with Crippen LogP contribution in [-0.4, -0.2) is 30.4 Å². The van der Waals surface area contributed by atoms with Crippen LogP contribution in [0.15, 0.2) is 22.7 Å². The molecular weight excluding hydrogens is 289 g/mol. The molecule has 2 N–H and O–H groups in total. The minimum atomic E-state index is -0.657. The summed E-state index contributed by atoms with van der Waals surface area (Å²) in [6.07, 6.45) is -0.657. The largest absolute Gasteiger partial charge is 0.488 e. The first-order chi connectivity index (χ1) is 7.99. The molecular formula is C12H17BrFNO2. The average Bonchev–Trinajstić information content (AvgIpc) is 2.27. The van der Waals surface area contributed by atoms with Gasteiger partial charge in [0.2, 0.25) is 0 Å². The van der Waals surface area contributed by atoms with Crippen molar-refractivity contribution in [3.63, 3.8) is 0 Å². The summed E-state index contributed by atoms with van der Waals surface area (Å²) in [5.74, 6) is -0.291. The zero-order valence-electron chi connectivity index (χ0n) is 9.91. The molecule has 1 rings (SSSR count). The van der Waals surface area contributed by atoms with Gasteiger partial charge in [0.05, 0.1) is 0 Å². The van der Waals surface area contributed by atoms with Crippen LogP contribution in [0.2, 0.25) is 0 Å². The van der Waals surface area contributed by atoms with Crippen LogP contribution in [0, 0.1) is 5.82 Å². The molecule has 0 aliphatic heterocycles. The number of hydrogen-bond donors (Lipinski definition) is 2. The van der Waals surface area contributed by atoms with Crippen molar-refractivity contribution in [3.05, 3.63) is 28.5 Å². The molecule has 17 heavy (non-hydrogen) atoms. The zero-order valence-corrected chi connectivity index (χ0v) is 11.5. The molecule has 0 radical (unpaired) electrons. The van der Waals surface area contributed by atoms with Gasteiger partial charge in [0.15, 0.2) is 11.6 Å². The van der Waals surface area contributed by atoms with Crippen LogP contribution in [-0.2, 0) is 0 Å². The van der Waals surface area contributed by atoms with E-state index in [1.807, 2.05) is 13.8 Å². The molecule has 0 aromatic heterocycles. The molecule has 0 saturated heterocycles. The zero-order chi connectivity index (χ0) is 12.8. The van der Waals surface area contributed by atoms with Gasteiger partial charge in [-0.25, -0.2) is 4.39 Å². The van der Waals surface area contributed by atoms with Gasteiger partial charge in [-0.1, -0.05) is 29.8 Å². The highest BCUT2D eigenvalue weighted by Gasteiger charge is 2.09. The molecule has 1 aromatic rings. The van der Waals surface area contributed by atoms with Gasteiger partial charge in [-0.05, 0) is 18.2 Å². The number of nitrogens with one attached hydrogen (secondary N) is 1. The van der Waals surface area contributed by atoms with E-state index in [-0.39, 0.29) is 12.4 Å². The molecule has 1 unspecified atom stereocenters. The van der Waals surface area contributed by atoms with Crippen molar-refractivity contribution in [3.8, 4) is 5.75 Å². The Morgan fingerprint density at radius 3 is 2.82 bits per heavy atom. The molecule has 0 aliphatic rings. The second-order valence-corrected chi connectivity index (χ2v) is 5.02.